The van der Waals surface area contributed by atoms with Gasteiger partial charge in [0.1, 0.15) is 11.6 Å². The standard InChI is InChI=1S/C13H14N4O4/c14-16-12-6-5-10(17(19)20)13(15-12)21-11-4-2-1-3-9(11)7-8-18/h1-6,18H,7-8,14H2,(H,15,16). The molecule has 0 atom stereocenters. The SMILES string of the molecule is NNc1ccc([N+](=O)[O-])c(Oc2ccccc2CCO)n1. The molecule has 0 aliphatic carbocycles. The third kappa shape index (κ3) is 3.44. The zero-order chi connectivity index (χ0) is 15.2. The minimum Gasteiger partial charge on any atom is -0.433 e. The number of anilines is 1. The summed E-state index contributed by atoms with van der Waals surface area (Å²) in [6, 6.07) is 9.57. The maximum absolute atomic E-state index is 11.0. The van der Waals surface area contributed by atoms with Gasteiger partial charge in [-0.25, -0.2) is 5.84 Å². The highest BCUT2D eigenvalue weighted by Gasteiger charge is 2.19. The van der Waals surface area contributed by atoms with Crippen LogP contribution in [0.4, 0.5) is 11.5 Å². The van der Waals surface area contributed by atoms with Crippen LogP contribution in [-0.2, 0) is 6.42 Å². The number of benzene rings is 1. The Morgan fingerprint density at radius 1 is 1.33 bits per heavy atom. The smallest absolute Gasteiger partial charge is 0.331 e. The average Bonchev–Trinajstić information content (AvgIpc) is 2.49. The second-order valence-electron chi connectivity index (χ2n) is 4.11. The van der Waals surface area contributed by atoms with Crippen LogP contribution < -0.4 is 16.0 Å². The highest BCUT2D eigenvalue weighted by molar-refractivity contribution is 5.50. The summed E-state index contributed by atoms with van der Waals surface area (Å²) in [5, 5.41) is 20.0. The molecule has 0 fully saturated rings. The third-order valence-electron chi connectivity index (χ3n) is 2.75. The lowest BCUT2D eigenvalue weighted by Crippen LogP contribution is -2.09. The summed E-state index contributed by atoms with van der Waals surface area (Å²) < 4.78 is 5.54. The van der Waals surface area contributed by atoms with E-state index in [4.69, 9.17) is 15.7 Å². The van der Waals surface area contributed by atoms with Crippen molar-refractivity contribution in [1.82, 2.24) is 4.98 Å². The van der Waals surface area contributed by atoms with E-state index in [1.165, 1.54) is 12.1 Å². The lowest BCUT2D eigenvalue weighted by molar-refractivity contribution is -0.386. The van der Waals surface area contributed by atoms with Gasteiger partial charge in [-0.15, -0.1) is 0 Å². The van der Waals surface area contributed by atoms with Crippen molar-refractivity contribution in [3.63, 3.8) is 0 Å². The molecule has 0 aliphatic rings. The second kappa shape index (κ2) is 6.64. The van der Waals surface area contributed by atoms with Crippen molar-refractivity contribution in [2.24, 2.45) is 5.84 Å². The summed E-state index contributed by atoms with van der Waals surface area (Å²) in [4.78, 5) is 14.4. The fourth-order valence-electron chi connectivity index (χ4n) is 1.76. The van der Waals surface area contributed by atoms with E-state index in [2.05, 4.69) is 10.4 Å². The molecule has 1 aromatic heterocycles. The normalized spacial score (nSPS) is 10.2. The van der Waals surface area contributed by atoms with Crippen molar-refractivity contribution >= 4 is 11.5 Å². The van der Waals surface area contributed by atoms with Crippen LogP contribution in [0, 0.1) is 10.1 Å². The van der Waals surface area contributed by atoms with Crippen LogP contribution >= 0.6 is 0 Å². The van der Waals surface area contributed by atoms with Crippen molar-refractivity contribution < 1.29 is 14.8 Å². The molecular weight excluding hydrogens is 276 g/mol. The molecule has 0 spiro atoms. The number of rotatable bonds is 6. The largest absolute Gasteiger partial charge is 0.433 e. The Hall–Kier alpha value is -2.71. The van der Waals surface area contributed by atoms with Gasteiger partial charge in [0.15, 0.2) is 0 Å². The van der Waals surface area contributed by atoms with Gasteiger partial charge in [0.25, 0.3) is 0 Å². The number of nitrogens with zero attached hydrogens (tertiary/aromatic N) is 2. The summed E-state index contributed by atoms with van der Waals surface area (Å²) >= 11 is 0. The van der Waals surface area contributed by atoms with Gasteiger partial charge in [0.2, 0.25) is 0 Å². The Balaban J connectivity index is 2.40. The Labute approximate surface area is 120 Å². The van der Waals surface area contributed by atoms with Crippen LogP contribution in [0.15, 0.2) is 36.4 Å². The first-order valence-electron chi connectivity index (χ1n) is 6.14. The lowest BCUT2D eigenvalue weighted by atomic mass is 10.1. The quantitative estimate of drug-likeness (QED) is 0.419. The second-order valence-corrected chi connectivity index (χ2v) is 4.11. The number of hydrogen-bond donors (Lipinski definition) is 3. The third-order valence-corrected chi connectivity index (χ3v) is 2.75. The van der Waals surface area contributed by atoms with Gasteiger partial charge in [0.05, 0.1) is 4.92 Å². The van der Waals surface area contributed by atoms with E-state index in [9.17, 15) is 10.1 Å². The maximum Gasteiger partial charge on any atom is 0.331 e. The first-order chi connectivity index (χ1) is 10.2. The van der Waals surface area contributed by atoms with Crippen LogP contribution in [0.3, 0.4) is 0 Å². The molecule has 2 rings (SSSR count). The van der Waals surface area contributed by atoms with Gasteiger partial charge in [0, 0.05) is 12.7 Å². The number of aliphatic hydroxyl groups excluding tert-OH is 1. The molecule has 1 heterocycles. The highest BCUT2D eigenvalue weighted by atomic mass is 16.6. The minimum atomic E-state index is -0.586. The van der Waals surface area contributed by atoms with Gasteiger partial charge >= 0.3 is 11.6 Å². The Morgan fingerprint density at radius 2 is 2.10 bits per heavy atom. The molecule has 1 aromatic carbocycles. The van der Waals surface area contributed by atoms with E-state index < -0.39 is 4.92 Å². The summed E-state index contributed by atoms with van der Waals surface area (Å²) in [7, 11) is 0. The van der Waals surface area contributed by atoms with E-state index in [0.29, 0.717) is 12.2 Å². The van der Waals surface area contributed by atoms with Crippen molar-refractivity contribution in [1.29, 1.82) is 0 Å². The first-order valence-corrected chi connectivity index (χ1v) is 6.14. The van der Waals surface area contributed by atoms with Crippen molar-refractivity contribution in [2.45, 2.75) is 6.42 Å². The lowest BCUT2D eigenvalue weighted by Gasteiger charge is -2.10. The molecule has 8 heteroatoms. The number of ether oxygens (including phenoxy) is 1. The van der Waals surface area contributed by atoms with Gasteiger partial charge in [-0.2, -0.15) is 4.98 Å². The van der Waals surface area contributed by atoms with Crippen LogP contribution in [0.25, 0.3) is 0 Å². The van der Waals surface area contributed by atoms with Crippen molar-refractivity contribution in [2.75, 3.05) is 12.0 Å². The predicted octanol–water partition coefficient (Wildman–Crippen LogP) is 1.60. The fourth-order valence-corrected chi connectivity index (χ4v) is 1.76. The number of aliphatic hydroxyl groups is 1. The fraction of sp³-hybridized carbons (Fsp3) is 0.154. The van der Waals surface area contributed by atoms with Crippen LogP contribution in [0.5, 0.6) is 11.6 Å². The predicted molar refractivity (Wildman–Crippen MR) is 76.0 cm³/mol. The number of nitrogens with one attached hydrogen (secondary N) is 1. The molecule has 0 amide bonds. The van der Waals surface area contributed by atoms with E-state index in [1.807, 2.05) is 0 Å². The summed E-state index contributed by atoms with van der Waals surface area (Å²) in [6.45, 7) is -0.0553. The zero-order valence-electron chi connectivity index (χ0n) is 11.0. The van der Waals surface area contributed by atoms with E-state index in [1.54, 1.807) is 24.3 Å². The van der Waals surface area contributed by atoms with Gasteiger partial charge in [-0.05, 0) is 24.1 Å². The number of pyridine rings is 1. The minimum absolute atomic E-state index is 0.0553. The molecule has 21 heavy (non-hydrogen) atoms. The monoisotopic (exact) mass is 290 g/mol. The number of hydrogen-bond acceptors (Lipinski definition) is 7. The molecule has 8 nitrogen and oxygen atoms in total. The number of nitro groups is 1. The summed E-state index contributed by atoms with van der Waals surface area (Å²) in [6.07, 6.45) is 0.374. The van der Waals surface area contributed by atoms with E-state index >= 15 is 0 Å². The molecule has 0 aliphatic heterocycles. The topological polar surface area (TPSA) is 124 Å². The Kier molecular flexibility index (Phi) is 4.64. The molecule has 4 N–H and O–H groups in total. The van der Waals surface area contributed by atoms with Gasteiger partial charge in [-0.3, -0.25) is 10.1 Å². The maximum atomic E-state index is 11.0. The molecular formula is C13H14N4O4. The van der Waals surface area contributed by atoms with Gasteiger partial charge in [-0.1, -0.05) is 18.2 Å². The average molecular weight is 290 g/mol. The summed E-state index contributed by atoms with van der Waals surface area (Å²) in [5.41, 5.74) is 2.76. The van der Waals surface area contributed by atoms with Crippen molar-refractivity contribution in [3.8, 4) is 11.6 Å². The Morgan fingerprint density at radius 3 is 2.76 bits per heavy atom. The number of aromatic nitrogens is 1. The number of nitrogen functional groups attached to an aromatic ring is 1. The number of nitrogens with two attached hydrogens (primary N) is 1. The number of hydrazine groups is 1. The molecule has 110 valence electrons. The molecule has 0 saturated carbocycles. The highest BCUT2D eigenvalue weighted by Crippen LogP contribution is 2.32. The van der Waals surface area contributed by atoms with E-state index in [0.717, 1.165) is 5.56 Å². The van der Waals surface area contributed by atoms with Crippen LogP contribution in [0.1, 0.15) is 5.56 Å². The van der Waals surface area contributed by atoms with Gasteiger partial charge < -0.3 is 15.3 Å². The Bertz CT molecular complexity index is 648. The number of para-hydroxylation sites is 1. The molecule has 0 radical (unpaired) electrons. The van der Waals surface area contributed by atoms with Crippen LogP contribution in [-0.4, -0.2) is 21.6 Å². The molecule has 0 bridgehead atoms. The summed E-state index contributed by atoms with van der Waals surface area (Å²) in [5.74, 6) is 5.72. The van der Waals surface area contributed by atoms with Crippen LogP contribution in [0.2, 0.25) is 0 Å². The molecule has 0 unspecified atom stereocenters. The van der Waals surface area contributed by atoms with E-state index in [-0.39, 0.29) is 24.0 Å². The van der Waals surface area contributed by atoms with Crippen molar-refractivity contribution in [3.05, 3.63) is 52.1 Å². The first kappa shape index (κ1) is 14.7. The zero-order valence-corrected chi connectivity index (χ0v) is 11.0. The molecule has 0 saturated heterocycles. The molecule has 2 aromatic rings.